The lowest BCUT2D eigenvalue weighted by Crippen LogP contribution is -2.44. The first-order valence-corrected chi connectivity index (χ1v) is 25.1. The van der Waals surface area contributed by atoms with Crippen molar-refractivity contribution in [1.82, 2.24) is 0 Å². The van der Waals surface area contributed by atoms with Crippen molar-refractivity contribution in [2.24, 2.45) is 0 Å². The molecule has 0 saturated carbocycles. The highest BCUT2D eigenvalue weighted by atomic mass is 32.1. The fraction of sp³-hybridized carbons (Fsp3) is 0.0294. The number of thiophene rings is 1. The lowest BCUT2D eigenvalue weighted by atomic mass is 9.51. The van der Waals surface area contributed by atoms with Crippen molar-refractivity contribution in [3.05, 3.63) is 317 Å². The standard InChI is InChI=1S/C68H45NS/c1-4-19-46(20-5-1)47-35-40-52(41-36-47)69(53-42-37-48(38-43-53)49-39-44-65-57(45-49)55-26-11-17-34-64(55)70-65)63-33-16-15-31-61(63)67(50-21-6-2-7-22-50)59-29-13-14-30-60(59)68(51-23-8-3-9-24-51)58-28-12-10-25-54(58)56-27-18-32-62(67)66(56)68/h1-45H. The van der Waals surface area contributed by atoms with E-state index in [9.17, 15) is 0 Å². The summed E-state index contributed by atoms with van der Waals surface area (Å²) in [6.07, 6.45) is 0. The molecule has 0 amide bonds. The summed E-state index contributed by atoms with van der Waals surface area (Å²) in [5.41, 5.74) is 19.7. The Morgan fingerprint density at radius 3 is 1.46 bits per heavy atom. The van der Waals surface area contributed by atoms with Gasteiger partial charge in [0.05, 0.1) is 16.5 Å². The molecule has 0 saturated heterocycles. The van der Waals surface area contributed by atoms with Crippen LogP contribution in [0.5, 0.6) is 0 Å². The Hall–Kier alpha value is -8.56. The van der Waals surface area contributed by atoms with Gasteiger partial charge in [-0.2, -0.15) is 0 Å². The molecular weight excluding hydrogens is 863 g/mol. The van der Waals surface area contributed by atoms with Gasteiger partial charge in [0.2, 0.25) is 0 Å². The first-order chi connectivity index (χ1) is 34.7. The second-order valence-corrected chi connectivity index (χ2v) is 19.8. The monoisotopic (exact) mass is 907 g/mol. The minimum Gasteiger partial charge on any atom is -0.310 e. The topological polar surface area (TPSA) is 3.24 Å². The Bertz CT molecular complexity index is 3930. The van der Waals surface area contributed by atoms with Gasteiger partial charge in [-0.1, -0.05) is 224 Å². The van der Waals surface area contributed by atoms with Crippen molar-refractivity contribution in [3.8, 4) is 33.4 Å². The van der Waals surface area contributed by atoms with E-state index in [0.717, 1.165) is 17.1 Å². The van der Waals surface area contributed by atoms with Crippen LogP contribution in [-0.4, -0.2) is 0 Å². The van der Waals surface area contributed by atoms with E-state index in [1.807, 2.05) is 11.3 Å². The number of hydrogen-bond acceptors (Lipinski definition) is 2. The number of nitrogens with zero attached hydrogens (tertiary/aromatic N) is 1. The van der Waals surface area contributed by atoms with E-state index in [1.165, 1.54) is 98.1 Å². The molecule has 1 nitrogen and oxygen atoms in total. The van der Waals surface area contributed by atoms with Gasteiger partial charge in [0.1, 0.15) is 0 Å². The van der Waals surface area contributed by atoms with Crippen LogP contribution >= 0.6 is 11.3 Å². The quantitative estimate of drug-likeness (QED) is 0.147. The fourth-order valence-electron chi connectivity index (χ4n) is 12.4. The Labute approximate surface area is 412 Å². The maximum Gasteiger partial charge on any atom is 0.0728 e. The van der Waals surface area contributed by atoms with Crippen LogP contribution < -0.4 is 4.90 Å². The second-order valence-electron chi connectivity index (χ2n) is 18.7. The van der Waals surface area contributed by atoms with E-state index in [4.69, 9.17) is 0 Å². The summed E-state index contributed by atoms with van der Waals surface area (Å²) < 4.78 is 2.64. The van der Waals surface area contributed by atoms with Crippen molar-refractivity contribution in [2.45, 2.75) is 10.8 Å². The second kappa shape index (κ2) is 16.0. The summed E-state index contributed by atoms with van der Waals surface area (Å²) in [5, 5.41) is 2.62. The highest BCUT2D eigenvalue weighted by Crippen LogP contribution is 2.66. The van der Waals surface area contributed by atoms with Crippen LogP contribution in [0.4, 0.5) is 17.1 Å². The number of hydrogen-bond donors (Lipinski definition) is 0. The number of rotatable bonds is 8. The zero-order valence-electron chi connectivity index (χ0n) is 38.3. The molecule has 1 aromatic heterocycles. The third-order valence-corrected chi connectivity index (χ3v) is 16.4. The maximum absolute atomic E-state index is 2.49. The molecule has 0 fully saturated rings. The predicted molar refractivity (Wildman–Crippen MR) is 294 cm³/mol. The molecule has 2 heteroatoms. The van der Waals surface area contributed by atoms with Gasteiger partial charge in [0, 0.05) is 31.5 Å². The average Bonchev–Trinajstić information content (AvgIpc) is 3.98. The van der Waals surface area contributed by atoms with E-state index in [0.29, 0.717) is 0 Å². The van der Waals surface area contributed by atoms with Crippen molar-refractivity contribution < 1.29 is 0 Å². The SMILES string of the molecule is c1ccc(-c2ccc(N(c3ccc(-c4ccc5sc6ccccc6c5c4)cc3)c3ccccc3C3(c4ccccc4)c4ccccc4C4(c5ccccc5)c5ccccc5-c5cccc3c54)cc2)cc1. The minimum absolute atomic E-state index is 0.533. The molecule has 0 N–H and O–H groups in total. The first kappa shape index (κ1) is 40.5. The van der Waals surface area contributed by atoms with Crippen LogP contribution in [0, 0.1) is 0 Å². The molecular formula is C68H45NS. The van der Waals surface area contributed by atoms with Gasteiger partial charge >= 0.3 is 0 Å². The zero-order valence-corrected chi connectivity index (χ0v) is 39.2. The van der Waals surface area contributed by atoms with Gasteiger partial charge in [-0.3, -0.25) is 0 Å². The molecule has 2 aliphatic rings. The smallest absolute Gasteiger partial charge is 0.0728 e. The molecule has 2 atom stereocenters. The van der Waals surface area contributed by atoms with Gasteiger partial charge in [0.15, 0.2) is 0 Å². The Morgan fingerprint density at radius 2 is 0.757 bits per heavy atom. The van der Waals surface area contributed by atoms with E-state index in [-0.39, 0.29) is 0 Å². The Balaban J connectivity index is 1.03. The summed E-state index contributed by atoms with van der Waals surface area (Å²) in [6.45, 7) is 0. The largest absolute Gasteiger partial charge is 0.310 e. The van der Waals surface area contributed by atoms with E-state index >= 15 is 0 Å². The fourth-order valence-corrected chi connectivity index (χ4v) is 13.5. The van der Waals surface area contributed by atoms with Gasteiger partial charge < -0.3 is 4.90 Å². The molecule has 14 rings (SSSR count). The predicted octanol–water partition coefficient (Wildman–Crippen LogP) is 17.9. The van der Waals surface area contributed by atoms with Gasteiger partial charge in [-0.15, -0.1) is 11.3 Å². The van der Waals surface area contributed by atoms with Crippen LogP contribution in [0.1, 0.15) is 44.5 Å². The van der Waals surface area contributed by atoms with E-state index in [2.05, 4.69) is 278 Å². The third kappa shape index (κ3) is 5.84. The van der Waals surface area contributed by atoms with Crippen molar-refractivity contribution >= 4 is 48.6 Å². The van der Waals surface area contributed by atoms with E-state index in [1.54, 1.807) is 0 Å². The molecule has 0 bridgehead atoms. The minimum atomic E-state index is -0.735. The molecule has 70 heavy (non-hydrogen) atoms. The highest BCUT2D eigenvalue weighted by Gasteiger charge is 2.58. The molecule has 328 valence electrons. The van der Waals surface area contributed by atoms with Crippen LogP contribution in [0.2, 0.25) is 0 Å². The molecule has 12 aromatic rings. The maximum atomic E-state index is 2.49. The number of para-hydroxylation sites is 1. The lowest BCUT2D eigenvalue weighted by molar-refractivity contribution is 0.627. The third-order valence-electron chi connectivity index (χ3n) is 15.2. The van der Waals surface area contributed by atoms with Gasteiger partial charge in [-0.25, -0.2) is 0 Å². The first-order valence-electron chi connectivity index (χ1n) is 24.2. The highest BCUT2D eigenvalue weighted by molar-refractivity contribution is 7.25. The molecule has 2 unspecified atom stereocenters. The summed E-state index contributed by atoms with van der Waals surface area (Å²) >= 11 is 1.86. The number of anilines is 3. The average molecular weight is 908 g/mol. The summed E-state index contributed by atoms with van der Waals surface area (Å²) in [5.74, 6) is 0. The van der Waals surface area contributed by atoms with Crippen molar-refractivity contribution in [1.29, 1.82) is 0 Å². The molecule has 0 aliphatic heterocycles. The Kier molecular flexibility index (Phi) is 9.27. The normalized spacial score (nSPS) is 16.4. The number of fused-ring (bicyclic) bond motifs is 8. The van der Waals surface area contributed by atoms with Crippen LogP contribution in [0.15, 0.2) is 273 Å². The van der Waals surface area contributed by atoms with Crippen LogP contribution in [0.3, 0.4) is 0 Å². The molecule has 0 spiro atoms. The van der Waals surface area contributed by atoms with E-state index < -0.39 is 10.8 Å². The molecule has 1 heterocycles. The molecule has 0 radical (unpaired) electrons. The van der Waals surface area contributed by atoms with Crippen molar-refractivity contribution in [2.75, 3.05) is 4.90 Å². The van der Waals surface area contributed by atoms with Gasteiger partial charge in [0.25, 0.3) is 0 Å². The summed E-state index contributed by atoms with van der Waals surface area (Å²) in [4.78, 5) is 2.49. The van der Waals surface area contributed by atoms with Gasteiger partial charge in [-0.05, 0) is 126 Å². The summed E-state index contributed by atoms with van der Waals surface area (Å²) in [6, 6.07) is 102. The molecule has 2 aliphatic carbocycles. The Morgan fingerprint density at radius 1 is 0.286 bits per heavy atom. The summed E-state index contributed by atoms with van der Waals surface area (Å²) in [7, 11) is 0. The van der Waals surface area contributed by atoms with Crippen LogP contribution in [0.25, 0.3) is 53.6 Å². The lowest BCUT2D eigenvalue weighted by Gasteiger charge is -2.50. The zero-order chi connectivity index (χ0) is 46.2. The molecule has 11 aromatic carbocycles. The van der Waals surface area contributed by atoms with Crippen molar-refractivity contribution in [3.63, 3.8) is 0 Å². The van der Waals surface area contributed by atoms with Crippen LogP contribution in [-0.2, 0) is 10.8 Å². The number of benzene rings is 11.